The lowest BCUT2D eigenvalue weighted by Gasteiger charge is -2.21. The standard InChI is InChI=1S/C11H15NO.C6H6/c1-9-7-8-11(12(9)13)10-5-3-2-4-6-10;1-2-4-6-5-3-1/h2-6,9,11,13H,7-8H2,1H3;1-6H/t9-,11-;/m0./s1. The van der Waals surface area contributed by atoms with Gasteiger partial charge in [0.2, 0.25) is 0 Å². The van der Waals surface area contributed by atoms with Crippen LogP contribution in [0.15, 0.2) is 66.7 Å². The average molecular weight is 255 g/mol. The highest BCUT2D eigenvalue weighted by atomic mass is 16.5. The molecule has 0 aromatic heterocycles. The van der Waals surface area contributed by atoms with Gasteiger partial charge in [0.25, 0.3) is 0 Å². The molecular weight excluding hydrogens is 234 g/mol. The van der Waals surface area contributed by atoms with Gasteiger partial charge in [-0.3, -0.25) is 0 Å². The van der Waals surface area contributed by atoms with Crippen molar-refractivity contribution in [2.75, 3.05) is 0 Å². The largest absolute Gasteiger partial charge is 0.313 e. The topological polar surface area (TPSA) is 23.5 Å². The van der Waals surface area contributed by atoms with Crippen molar-refractivity contribution in [2.24, 2.45) is 0 Å². The summed E-state index contributed by atoms with van der Waals surface area (Å²) in [6.07, 6.45) is 2.14. The van der Waals surface area contributed by atoms with Crippen molar-refractivity contribution in [3.63, 3.8) is 0 Å². The maximum Gasteiger partial charge on any atom is 0.0603 e. The van der Waals surface area contributed by atoms with Gasteiger partial charge in [-0.15, -0.1) is 0 Å². The highest BCUT2D eigenvalue weighted by Gasteiger charge is 2.29. The molecule has 0 radical (unpaired) electrons. The molecule has 1 aliphatic rings. The molecule has 0 bridgehead atoms. The van der Waals surface area contributed by atoms with Gasteiger partial charge < -0.3 is 5.21 Å². The summed E-state index contributed by atoms with van der Waals surface area (Å²) in [5.41, 5.74) is 1.22. The van der Waals surface area contributed by atoms with Crippen LogP contribution >= 0.6 is 0 Å². The predicted octanol–water partition coefficient (Wildman–Crippen LogP) is 4.29. The number of nitrogens with zero attached hydrogens (tertiary/aromatic N) is 1. The van der Waals surface area contributed by atoms with Gasteiger partial charge in [-0.1, -0.05) is 66.7 Å². The molecule has 2 nitrogen and oxygen atoms in total. The third kappa shape index (κ3) is 3.91. The van der Waals surface area contributed by atoms with Crippen molar-refractivity contribution in [3.05, 3.63) is 72.3 Å². The average Bonchev–Trinajstić information content (AvgIpc) is 2.82. The minimum absolute atomic E-state index is 0.205. The molecule has 2 heteroatoms. The number of hydroxylamine groups is 2. The van der Waals surface area contributed by atoms with E-state index in [1.54, 1.807) is 0 Å². The lowest BCUT2D eigenvalue weighted by atomic mass is 10.1. The summed E-state index contributed by atoms with van der Waals surface area (Å²) in [6, 6.07) is 22.7. The molecule has 0 spiro atoms. The molecule has 2 aromatic rings. The quantitative estimate of drug-likeness (QED) is 0.821. The van der Waals surface area contributed by atoms with Crippen molar-refractivity contribution in [3.8, 4) is 0 Å². The van der Waals surface area contributed by atoms with Crippen LogP contribution in [0.4, 0.5) is 0 Å². The lowest BCUT2D eigenvalue weighted by molar-refractivity contribution is -0.130. The SMILES string of the molecule is C[C@H]1CC[C@@H](c2ccccc2)N1O.c1ccccc1. The highest BCUT2D eigenvalue weighted by molar-refractivity contribution is 5.19. The van der Waals surface area contributed by atoms with Gasteiger partial charge in [-0.2, -0.15) is 5.06 Å². The summed E-state index contributed by atoms with van der Waals surface area (Å²) < 4.78 is 0. The van der Waals surface area contributed by atoms with Crippen molar-refractivity contribution in [1.82, 2.24) is 5.06 Å². The summed E-state index contributed by atoms with van der Waals surface area (Å²) >= 11 is 0. The van der Waals surface area contributed by atoms with Crippen LogP contribution in [0.5, 0.6) is 0 Å². The number of hydrogen-bond donors (Lipinski definition) is 1. The molecule has 0 saturated carbocycles. The second-order valence-corrected chi connectivity index (χ2v) is 4.89. The Kier molecular flexibility index (Phi) is 5.13. The Balaban J connectivity index is 0.000000186. The van der Waals surface area contributed by atoms with E-state index in [9.17, 15) is 5.21 Å². The highest BCUT2D eigenvalue weighted by Crippen LogP contribution is 2.33. The molecule has 1 aliphatic heterocycles. The van der Waals surface area contributed by atoms with Crippen molar-refractivity contribution >= 4 is 0 Å². The van der Waals surface area contributed by atoms with E-state index in [2.05, 4.69) is 19.1 Å². The predicted molar refractivity (Wildman–Crippen MR) is 77.9 cm³/mol. The minimum Gasteiger partial charge on any atom is -0.313 e. The summed E-state index contributed by atoms with van der Waals surface area (Å²) in [4.78, 5) is 0. The zero-order valence-corrected chi connectivity index (χ0v) is 11.3. The van der Waals surface area contributed by atoms with Gasteiger partial charge in [0.1, 0.15) is 0 Å². The van der Waals surface area contributed by atoms with E-state index in [0.29, 0.717) is 6.04 Å². The molecule has 0 amide bonds. The Morgan fingerprint density at radius 1 is 0.842 bits per heavy atom. The fourth-order valence-electron chi connectivity index (χ4n) is 2.35. The minimum atomic E-state index is 0.205. The molecular formula is C17H21NO. The molecule has 2 atom stereocenters. The van der Waals surface area contributed by atoms with E-state index >= 15 is 0 Å². The molecule has 1 N–H and O–H groups in total. The first kappa shape index (κ1) is 13.8. The summed E-state index contributed by atoms with van der Waals surface area (Å²) in [6.45, 7) is 2.06. The molecule has 19 heavy (non-hydrogen) atoms. The van der Waals surface area contributed by atoms with Crippen molar-refractivity contribution in [2.45, 2.75) is 31.8 Å². The first-order valence-corrected chi connectivity index (χ1v) is 6.81. The third-order valence-corrected chi connectivity index (χ3v) is 3.48. The van der Waals surface area contributed by atoms with E-state index in [1.807, 2.05) is 54.6 Å². The molecule has 3 rings (SSSR count). The Bertz CT molecular complexity index is 430. The first-order chi connectivity index (χ1) is 9.29. The maximum absolute atomic E-state index is 9.74. The van der Waals surface area contributed by atoms with Crippen LogP contribution < -0.4 is 0 Å². The zero-order valence-electron chi connectivity index (χ0n) is 11.3. The monoisotopic (exact) mass is 255 g/mol. The Labute approximate surface area is 115 Å². The van der Waals surface area contributed by atoms with Gasteiger partial charge in [0, 0.05) is 6.04 Å². The van der Waals surface area contributed by atoms with E-state index in [-0.39, 0.29) is 6.04 Å². The van der Waals surface area contributed by atoms with E-state index in [0.717, 1.165) is 12.8 Å². The Morgan fingerprint density at radius 3 is 1.74 bits per heavy atom. The molecule has 2 aromatic carbocycles. The first-order valence-electron chi connectivity index (χ1n) is 6.81. The van der Waals surface area contributed by atoms with Crippen LogP contribution in [0.3, 0.4) is 0 Å². The van der Waals surface area contributed by atoms with Crippen molar-refractivity contribution < 1.29 is 5.21 Å². The Morgan fingerprint density at radius 2 is 1.32 bits per heavy atom. The number of rotatable bonds is 1. The van der Waals surface area contributed by atoms with Crippen LogP contribution in [0.1, 0.15) is 31.4 Å². The van der Waals surface area contributed by atoms with Crippen molar-refractivity contribution in [1.29, 1.82) is 0 Å². The van der Waals surface area contributed by atoms with Crippen LogP contribution in [-0.2, 0) is 0 Å². The second kappa shape index (κ2) is 7.07. The molecule has 100 valence electrons. The van der Waals surface area contributed by atoms with Gasteiger partial charge in [-0.25, -0.2) is 0 Å². The van der Waals surface area contributed by atoms with E-state index in [4.69, 9.17) is 0 Å². The fourth-order valence-corrected chi connectivity index (χ4v) is 2.35. The van der Waals surface area contributed by atoms with Crippen LogP contribution in [0, 0.1) is 0 Å². The van der Waals surface area contributed by atoms with Gasteiger partial charge in [0.05, 0.1) is 6.04 Å². The Hall–Kier alpha value is -1.64. The van der Waals surface area contributed by atoms with E-state index < -0.39 is 0 Å². The summed E-state index contributed by atoms with van der Waals surface area (Å²) in [7, 11) is 0. The van der Waals surface area contributed by atoms with Crippen LogP contribution in [0.25, 0.3) is 0 Å². The number of hydrogen-bond acceptors (Lipinski definition) is 2. The molecule has 0 aliphatic carbocycles. The zero-order chi connectivity index (χ0) is 13.5. The van der Waals surface area contributed by atoms with Gasteiger partial charge in [0.15, 0.2) is 0 Å². The summed E-state index contributed by atoms with van der Waals surface area (Å²) in [5, 5.41) is 11.2. The second-order valence-electron chi connectivity index (χ2n) is 4.89. The number of benzene rings is 2. The van der Waals surface area contributed by atoms with Gasteiger partial charge >= 0.3 is 0 Å². The smallest absolute Gasteiger partial charge is 0.0603 e. The molecule has 1 heterocycles. The molecule has 1 fully saturated rings. The molecule has 0 unspecified atom stereocenters. The van der Waals surface area contributed by atoms with E-state index in [1.165, 1.54) is 10.6 Å². The van der Waals surface area contributed by atoms with Gasteiger partial charge in [-0.05, 0) is 25.3 Å². The molecule has 1 saturated heterocycles. The maximum atomic E-state index is 9.74. The lowest BCUT2D eigenvalue weighted by Crippen LogP contribution is -2.25. The third-order valence-electron chi connectivity index (χ3n) is 3.48. The summed E-state index contributed by atoms with van der Waals surface area (Å²) in [5.74, 6) is 0. The van der Waals surface area contributed by atoms with Crippen LogP contribution in [-0.4, -0.2) is 16.3 Å². The fraction of sp³-hybridized carbons (Fsp3) is 0.294. The van der Waals surface area contributed by atoms with Crippen LogP contribution in [0.2, 0.25) is 0 Å². The normalized spacial score (nSPS) is 22.6.